The van der Waals surface area contributed by atoms with Gasteiger partial charge >= 0.3 is 10.3 Å². The first-order valence-corrected chi connectivity index (χ1v) is 5.85. The smallest absolute Gasteiger partial charge is 0.252 e. The van der Waals surface area contributed by atoms with E-state index in [0.717, 1.165) is 5.56 Å². The maximum absolute atomic E-state index is 11.1. The zero-order valence-corrected chi connectivity index (χ0v) is 8.12. The van der Waals surface area contributed by atoms with Crippen LogP contribution in [0.25, 0.3) is 0 Å². The molecule has 3 rings (SSSR count). The predicted molar refractivity (Wildman–Crippen MR) is 49.8 cm³/mol. The van der Waals surface area contributed by atoms with Crippen LogP contribution in [0.5, 0.6) is 0 Å². The van der Waals surface area contributed by atoms with Gasteiger partial charge in [0.2, 0.25) is 0 Å². The molecule has 0 spiro atoms. The summed E-state index contributed by atoms with van der Waals surface area (Å²) in [7, 11) is -3.50. The Hall–Kier alpha value is -0.910. The molecule has 1 aromatic carbocycles. The SMILES string of the molecule is O=S1(=O)N[C@H]2c3ccccc3C[C@H]2O1. The van der Waals surface area contributed by atoms with E-state index >= 15 is 0 Å². The number of hydrogen-bond acceptors (Lipinski definition) is 3. The van der Waals surface area contributed by atoms with Crippen molar-refractivity contribution in [1.29, 1.82) is 0 Å². The van der Waals surface area contributed by atoms with Crippen LogP contribution in [0.2, 0.25) is 0 Å². The van der Waals surface area contributed by atoms with Gasteiger partial charge < -0.3 is 0 Å². The third-order valence-electron chi connectivity index (χ3n) is 2.70. The van der Waals surface area contributed by atoms with E-state index in [4.69, 9.17) is 4.18 Å². The molecule has 1 aliphatic heterocycles. The Morgan fingerprint density at radius 3 is 3.00 bits per heavy atom. The first kappa shape index (κ1) is 8.40. The van der Waals surface area contributed by atoms with Crippen molar-refractivity contribution in [2.45, 2.75) is 18.6 Å². The highest BCUT2D eigenvalue weighted by molar-refractivity contribution is 7.85. The highest BCUT2D eigenvalue weighted by Crippen LogP contribution is 2.38. The van der Waals surface area contributed by atoms with Gasteiger partial charge in [0, 0.05) is 6.42 Å². The van der Waals surface area contributed by atoms with Crippen molar-refractivity contribution in [3.63, 3.8) is 0 Å². The van der Waals surface area contributed by atoms with Gasteiger partial charge in [0.25, 0.3) is 0 Å². The Kier molecular flexibility index (Phi) is 1.54. The van der Waals surface area contributed by atoms with Crippen molar-refractivity contribution in [2.24, 2.45) is 0 Å². The van der Waals surface area contributed by atoms with E-state index in [1.165, 1.54) is 5.56 Å². The molecule has 5 heteroatoms. The minimum absolute atomic E-state index is 0.184. The Morgan fingerprint density at radius 1 is 1.36 bits per heavy atom. The second kappa shape index (κ2) is 2.56. The van der Waals surface area contributed by atoms with Gasteiger partial charge in [0.15, 0.2) is 0 Å². The molecule has 74 valence electrons. The van der Waals surface area contributed by atoms with Crippen LogP contribution in [0.1, 0.15) is 17.2 Å². The van der Waals surface area contributed by atoms with E-state index in [0.29, 0.717) is 6.42 Å². The van der Waals surface area contributed by atoms with Gasteiger partial charge in [-0.05, 0) is 11.1 Å². The highest BCUT2D eigenvalue weighted by atomic mass is 32.2. The molecule has 1 N–H and O–H groups in total. The van der Waals surface area contributed by atoms with Crippen LogP contribution in [0.15, 0.2) is 24.3 Å². The quantitative estimate of drug-likeness (QED) is 0.680. The van der Waals surface area contributed by atoms with Crippen LogP contribution in [-0.2, 0) is 20.9 Å². The van der Waals surface area contributed by atoms with E-state index in [2.05, 4.69) is 4.72 Å². The van der Waals surface area contributed by atoms with E-state index in [-0.39, 0.29) is 12.1 Å². The molecule has 0 bridgehead atoms. The lowest BCUT2D eigenvalue weighted by molar-refractivity contribution is 0.229. The van der Waals surface area contributed by atoms with Crippen molar-refractivity contribution in [2.75, 3.05) is 0 Å². The van der Waals surface area contributed by atoms with E-state index in [1.807, 2.05) is 24.3 Å². The van der Waals surface area contributed by atoms with Gasteiger partial charge in [0.1, 0.15) is 6.10 Å². The normalized spacial score (nSPS) is 32.6. The largest absolute Gasteiger partial charge is 0.336 e. The maximum atomic E-state index is 11.1. The fraction of sp³-hybridized carbons (Fsp3) is 0.333. The van der Waals surface area contributed by atoms with Gasteiger partial charge in [-0.15, -0.1) is 0 Å². The van der Waals surface area contributed by atoms with Crippen LogP contribution in [0.4, 0.5) is 0 Å². The third-order valence-corrected chi connectivity index (χ3v) is 3.75. The average Bonchev–Trinajstić information content (AvgIpc) is 2.56. The topological polar surface area (TPSA) is 55.4 Å². The third kappa shape index (κ3) is 1.10. The molecule has 0 radical (unpaired) electrons. The van der Waals surface area contributed by atoms with Crippen LogP contribution in [-0.4, -0.2) is 14.5 Å². The van der Waals surface area contributed by atoms with Crippen LogP contribution in [0.3, 0.4) is 0 Å². The van der Waals surface area contributed by atoms with Crippen LogP contribution < -0.4 is 4.72 Å². The van der Waals surface area contributed by atoms with Crippen molar-refractivity contribution in [3.8, 4) is 0 Å². The predicted octanol–water partition coefficient (Wildman–Crippen LogP) is 0.517. The van der Waals surface area contributed by atoms with Gasteiger partial charge in [-0.1, -0.05) is 24.3 Å². The summed E-state index contributed by atoms with van der Waals surface area (Å²) in [5.41, 5.74) is 2.21. The van der Waals surface area contributed by atoms with Gasteiger partial charge in [-0.3, -0.25) is 4.18 Å². The molecule has 1 heterocycles. The van der Waals surface area contributed by atoms with Gasteiger partial charge in [-0.2, -0.15) is 13.1 Å². The molecule has 1 fully saturated rings. The summed E-state index contributed by atoms with van der Waals surface area (Å²) in [6.45, 7) is 0. The lowest BCUT2D eigenvalue weighted by Gasteiger charge is -2.04. The zero-order valence-electron chi connectivity index (χ0n) is 7.30. The van der Waals surface area contributed by atoms with Gasteiger partial charge in [-0.25, -0.2) is 0 Å². The molecule has 4 nitrogen and oxygen atoms in total. The van der Waals surface area contributed by atoms with E-state index in [1.54, 1.807) is 0 Å². The number of nitrogens with one attached hydrogen (secondary N) is 1. The molecular weight excluding hydrogens is 202 g/mol. The molecule has 0 unspecified atom stereocenters. The fourth-order valence-electron chi connectivity index (χ4n) is 2.13. The molecule has 1 aromatic rings. The van der Waals surface area contributed by atoms with E-state index in [9.17, 15) is 8.42 Å². The number of benzene rings is 1. The zero-order chi connectivity index (χ0) is 9.76. The van der Waals surface area contributed by atoms with Crippen LogP contribution >= 0.6 is 0 Å². The molecule has 2 atom stereocenters. The number of hydrogen-bond donors (Lipinski definition) is 1. The lowest BCUT2D eigenvalue weighted by atomic mass is 10.1. The fourth-order valence-corrected chi connectivity index (χ4v) is 3.28. The average molecular weight is 211 g/mol. The molecule has 1 saturated heterocycles. The van der Waals surface area contributed by atoms with Crippen LogP contribution in [0, 0.1) is 0 Å². The minimum Gasteiger partial charge on any atom is -0.252 e. The Bertz CT molecular complexity index is 483. The molecule has 2 aliphatic rings. The summed E-state index contributed by atoms with van der Waals surface area (Å²) < 4.78 is 29.7. The summed E-state index contributed by atoms with van der Waals surface area (Å²) in [5.74, 6) is 0. The summed E-state index contributed by atoms with van der Waals surface area (Å²) in [5, 5.41) is 0. The Balaban J connectivity index is 2.08. The van der Waals surface area contributed by atoms with Crippen molar-refractivity contribution in [1.82, 2.24) is 4.72 Å². The van der Waals surface area contributed by atoms with Crippen molar-refractivity contribution < 1.29 is 12.6 Å². The first-order chi connectivity index (χ1) is 6.66. The second-order valence-electron chi connectivity index (χ2n) is 3.59. The lowest BCUT2D eigenvalue weighted by Crippen LogP contribution is -2.19. The number of fused-ring (bicyclic) bond motifs is 3. The maximum Gasteiger partial charge on any atom is 0.336 e. The summed E-state index contributed by atoms with van der Waals surface area (Å²) in [6, 6.07) is 7.63. The molecule has 14 heavy (non-hydrogen) atoms. The van der Waals surface area contributed by atoms with E-state index < -0.39 is 10.3 Å². The first-order valence-electron chi connectivity index (χ1n) is 4.44. The molecular formula is C9H9NO3S. The minimum atomic E-state index is -3.50. The monoisotopic (exact) mass is 211 g/mol. The number of rotatable bonds is 0. The summed E-state index contributed by atoms with van der Waals surface area (Å²) in [4.78, 5) is 0. The van der Waals surface area contributed by atoms with Crippen molar-refractivity contribution in [3.05, 3.63) is 35.4 Å². The summed E-state index contributed by atoms with van der Waals surface area (Å²) in [6.07, 6.45) is 0.421. The Labute approximate surface area is 82.1 Å². The molecule has 0 amide bonds. The Morgan fingerprint density at radius 2 is 2.14 bits per heavy atom. The van der Waals surface area contributed by atoms with Crippen molar-refractivity contribution >= 4 is 10.3 Å². The second-order valence-corrected chi connectivity index (χ2v) is 4.92. The highest BCUT2D eigenvalue weighted by Gasteiger charge is 2.44. The summed E-state index contributed by atoms with van der Waals surface area (Å²) >= 11 is 0. The molecule has 0 saturated carbocycles. The molecule has 0 aromatic heterocycles. The standard InChI is InChI=1S/C9H9NO3S/c11-14(12)10-9-7-4-2-1-3-6(7)5-8(9)13-14/h1-4,8-10H,5H2/t8-,9+/m1/s1. The molecule has 1 aliphatic carbocycles. The van der Waals surface area contributed by atoms with Gasteiger partial charge in [0.05, 0.1) is 6.04 Å².